The molecule has 6 heteroatoms. The second-order valence-corrected chi connectivity index (χ2v) is 4.86. The Morgan fingerprint density at radius 3 is 2.71 bits per heavy atom. The molecule has 1 aromatic carbocycles. The zero-order valence-electron chi connectivity index (χ0n) is 11.6. The summed E-state index contributed by atoms with van der Waals surface area (Å²) in [4.78, 5) is 17.6. The van der Waals surface area contributed by atoms with Crippen LogP contribution in [-0.4, -0.2) is 29.9 Å². The summed E-state index contributed by atoms with van der Waals surface area (Å²) in [6, 6.07) is 7.63. The Morgan fingerprint density at radius 2 is 2.14 bits per heavy atom. The highest BCUT2D eigenvalue weighted by Gasteiger charge is 2.16. The van der Waals surface area contributed by atoms with Crippen molar-refractivity contribution < 1.29 is 13.9 Å². The van der Waals surface area contributed by atoms with E-state index in [1.807, 2.05) is 0 Å². The van der Waals surface area contributed by atoms with Gasteiger partial charge in [-0.05, 0) is 18.2 Å². The van der Waals surface area contributed by atoms with Crippen molar-refractivity contribution in [3.05, 3.63) is 58.5 Å². The normalized spacial score (nSPS) is 10.3. The average molecular weight is 309 g/mol. The van der Waals surface area contributed by atoms with Gasteiger partial charge in [0.15, 0.2) is 0 Å². The molecule has 21 heavy (non-hydrogen) atoms. The SMILES string of the molecule is COc1ccc(C(=O)N(C)Cc2c(F)cccc2Cl)cn1. The van der Waals surface area contributed by atoms with Gasteiger partial charge in [-0.1, -0.05) is 17.7 Å². The smallest absolute Gasteiger partial charge is 0.255 e. The van der Waals surface area contributed by atoms with Crippen LogP contribution in [0.5, 0.6) is 5.88 Å². The third kappa shape index (κ3) is 3.49. The van der Waals surface area contributed by atoms with Crippen molar-refractivity contribution in [2.45, 2.75) is 6.54 Å². The summed E-state index contributed by atoms with van der Waals surface area (Å²) in [5.74, 6) is -0.286. The van der Waals surface area contributed by atoms with E-state index in [9.17, 15) is 9.18 Å². The Kier molecular flexibility index (Phi) is 4.75. The number of carbonyl (C=O) groups excluding carboxylic acids is 1. The molecule has 0 aliphatic carbocycles. The molecule has 0 atom stereocenters. The number of amides is 1. The quantitative estimate of drug-likeness (QED) is 0.871. The van der Waals surface area contributed by atoms with E-state index in [-0.39, 0.29) is 18.0 Å². The number of pyridine rings is 1. The Balaban J connectivity index is 2.15. The maximum absolute atomic E-state index is 13.7. The molecule has 2 rings (SSSR count). The summed E-state index contributed by atoms with van der Waals surface area (Å²) in [6.07, 6.45) is 1.42. The van der Waals surface area contributed by atoms with Crippen LogP contribution in [0.1, 0.15) is 15.9 Å². The number of hydrogen-bond donors (Lipinski definition) is 0. The molecular weight excluding hydrogens is 295 g/mol. The van der Waals surface area contributed by atoms with E-state index in [1.165, 1.54) is 30.3 Å². The molecule has 0 aliphatic heterocycles. The molecule has 0 fully saturated rings. The van der Waals surface area contributed by atoms with Gasteiger partial charge < -0.3 is 9.64 Å². The molecule has 1 heterocycles. The number of halogens is 2. The van der Waals surface area contributed by atoms with Crippen molar-refractivity contribution in [1.82, 2.24) is 9.88 Å². The lowest BCUT2D eigenvalue weighted by Gasteiger charge is -2.18. The first kappa shape index (κ1) is 15.3. The van der Waals surface area contributed by atoms with E-state index in [0.717, 1.165) is 0 Å². The fraction of sp³-hybridized carbons (Fsp3) is 0.200. The monoisotopic (exact) mass is 308 g/mol. The maximum atomic E-state index is 13.7. The number of nitrogens with zero attached hydrogens (tertiary/aromatic N) is 2. The molecule has 0 saturated heterocycles. The highest BCUT2D eigenvalue weighted by atomic mass is 35.5. The lowest BCUT2D eigenvalue weighted by Crippen LogP contribution is -2.26. The number of ether oxygens (including phenoxy) is 1. The maximum Gasteiger partial charge on any atom is 0.255 e. The minimum atomic E-state index is -0.435. The van der Waals surface area contributed by atoms with Gasteiger partial charge in [-0.25, -0.2) is 9.37 Å². The van der Waals surface area contributed by atoms with Gasteiger partial charge in [-0.3, -0.25) is 4.79 Å². The molecule has 0 bridgehead atoms. The number of hydrogen-bond acceptors (Lipinski definition) is 3. The molecular formula is C15H14ClFN2O2. The molecule has 0 saturated carbocycles. The van der Waals surface area contributed by atoms with Crippen LogP contribution in [-0.2, 0) is 6.54 Å². The first-order valence-electron chi connectivity index (χ1n) is 6.21. The van der Waals surface area contributed by atoms with Gasteiger partial charge in [0.1, 0.15) is 5.82 Å². The van der Waals surface area contributed by atoms with Crippen LogP contribution in [0.4, 0.5) is 4.39 Å². The summed E-state index contributed by atoms with van der Waals surface area (Å²) < 4.78 is 18.7. The van der Waals surface area contributed by atoms with Crippen LogP contribution in [0.15, 0.2) is 36.5 Å². The minimum absolute atomic E-state index is 0.0797. The van der Waals surface area contributed by atoms with Crippen molar-refractivity contribution in [2.75, 3.05) is 14.2 Å². The van der Waals surface area contributed by atoms with E-state index >= 15 is 0 Å². The largest absolute Gasteiger partial charge is 0.481 e. The predicted octanol–water partition coefficient (Wildman–Crippen LogP) is 3.15. The first-order valence-corrected chi connectivity index (χ1v) is 6.59. The second kappa shape index (κ2) is 6.54. The van der Waals surface area contributed by atoms with Gasteiger partial charge in [-0.15, -0.1) is 0 Å². The minimum Gasteiger partial charge on any atom is -0.481 e. The van der Waals surface area contributed by atoms with E-state index in [1.54, 1.807) is 25.2 Å². The van der Waals surface area contributed by atoms with Crippen molar-refractivity contribution in [3.63, 3.8) is 0 Å². The number of benzene rings is 1. The van der Waals surface area contributed by atoms with Gasteiger partial charge in [-0.2, -0.15) is 0 Å². The standard InChI is InChI=1S/C15H14ClFN2O2/c1-19(9-11-12(16)4-3-5-13(11)17)15(20)10-6-7-14(21-2)18-8-10/h3-8H,9H2,1-2H3. The van der Waals surface area contributed by atoms with Crippen LogP contribution in [0.2, 0.25) is 5.02 Å². The number of rotatable bonds is 4. The topological polar surface area (TPSA) is 42.4 Å². The van der Waals surface area contributed by atoms with Crippen molar-refractivity contribution in [3.8, 4) is 5.88 Å². The lowest BCUT2D eigenvalue weighted by molar-refractivity contribution is 0.0783. The number of carbonyl (C=O) groups is 1. The Morgan fingerprint density at radius 1 is 1.38 bits per heavy atom. The van der Waals surface area contributed by atoms with Gasteiger partial charge in [0.25, 0.3) is 5.91 Å². The fourth-order valence-corrected chi connectivity index (χ4v) is 2.06. The molecule has 0 unspecified atom stereocenters. The van der Waals surface area contributed by atoms with Crippen LogP contribution >= 0.6 is 11.6 Å². The third-order valence-corrected chi connectivity index (χ3v) is 3.35. The molecule has 110 valence electrons. The van der Waals surface area contributed by atoms with Crippen molar-refractivity contribution >= 4 is 17.5 Å². The Bertz CT molecular complexity index is 626. The molecule has 0 aliphatic rings. The van der Waals surface area contributed by atoms with Crippen molar-refractivity contribution in [2.24, 2.45) is 0 Å². The zero-order chi connectivity index (χ0) is 15.4. The van der Waals surface area contributed by atoms with Crippen LogP contribution in [0.3, 0.4) is 0 Å². The molecule has 0 spiro atoms. The summed E-state index contributed by atoms with van der Waals surface area (Å²) in [7, 11) is 3.07. The third-order valence-electron chi connectivity index (χ3n) is 3.00. The molecule has 4 nitrogen and oxygen atoms in total. The lowest BCUT2D eigenvalue weighted by atomic mass is 10.2. The number of aromatic nitrogens is 1. The summed E-state index contributed by atoms with van der Waals surface area (Å²) in [6.45, 7) is 0.0797. The van der Waals surface area contributed by atoms with Crippen LogP contribution < -0.4 is 4.74 Å². The van der Waals surface area contributed by atoms with E-state index < -0.39 is 5.82 Å². The Hall–Kier alpha value is -2.14. The zero-order valence-corrected chi connectivity index (χ0v) is 12.4. The molecule has 2 aromatic rings. The molecule has 0 radical (unpaired) electrons. The predicted molar refractivity (Wildman–Crippen MR) is 78.0 cm³/mol. The first-order chi connectivity index (χ1) is 10.0. The molecule has 0 N–H and O–H groups in total. The summed E-state index contributed by atoms with van der Waals surface area (Å²) >= 11 is 5.96. The van der Waals surface area contributed by atoms with Crippen LogP contribution in [0, 0.1) is 5.82 Å². The van der Waals surface area contributed by atoms with Gasteiger partial charge in [0.05, 0.1) is 12.7 Å². The van der Waals surface area contributed by atoms with Gasteiger partial charge >= 0.3 is 0 Å². The van der Waals surface area contributed by atoms with Crippen LogP contribution in [0.25, 0.3) is 0 Å². The summed E-state index contributed by atoms with van der Waals surface area (Å²) in [5.41, 5.74) is 0.683. The van der Waals surface area contributed by atoms with E-state index in [4.69, 9.17) is 16.3 Å². The summed E-state index contributed by atoms with van der Waals surface area (Å²) in [5, 5.41) is 0.294. The van der Waals surface area contributed by atoms with Crippen molar-refractivity contribution in [1.29, 1.82) is 0 Å². The van der Waals surface area contributed by atoms with E-state index in [0.29, 0.717) is 16.5 Å². The average Bonchev–Trinajstić information content (AvgIpc) is 2.50. The molecule has 1 amide bonds. The molecule has 1 aromatic heterocycles. The fourth-order valence-electron chi connectivity index (χ4n) is 1.84. The number of methoxy groups -OCH3 is 1. The van der Waals surface area contributed by atoms with E-state index in [2.05, 4.69) is 4.98 Å². The van der Waals surface area contributed by atoms with Gasteiger partial charge in [0, 0.05) is 36.4 Å². The highest BCUT2D eigenvalue weighted by molar-refractivity contribution is 6.31. The second-order valence-electron chi connectivity index (χ2n) is 4.45. The van der Waals surface area contributed by atoms with Gasteiger partial charge in [0.2, 0.25) is 5.88 Å². The highest BCUT2D eigenvalue weighted by Crippen LogP contribution is 2.21. The Labute approximate surface area is 127 Å².